The average Bonchev–Trinajstić information content (AvgIpc) is 2.37. The van der Waals surface area contributed by atoms with Gasteiger partial charge in [-0.05, 0) is 12.5 Å². The maximum atomic E-state index is 11.3. The summed E-state index contributed by atoms with van der Waals surface area (Å²) >= 11 is 0. The molecule has 60 valence electrons. The van der Waals surface area contributed by atoms with Gasteiger partial charge in [-0.25, -0.2) is 0 Å². The summed E-state index contributed by atoms with van der Waals surface area (Å²) in [5, 5.41) is 8.80. The number of rotatable bonds is 0. The van der Waals surface area contributed by atoms with Crippen molar-refractivity contribution < 1.29 is 4.79 Å². The van der Waals surface area contributed by atoms with Crippen molar-refractivity contribution in [2.24, 2.45) is 17.8 Å². The van der Waals surface area contributed by atoms with E-state index in [-0.39, 0.29) is 23.5 Å². The van der Waals surface area contributed by atoms with Crippen molar-refractivity contribution in [3.05, 3.63) is 24.3 Å². The molecule has 0 N–H and O–H groups in total. The van der Waals surface area contributed by atoms with E-state index in [1.54, 1.807) is 6.08 Å². The Bertz CT molecular complexity index is 308. The second-order valence-electron chi connectivity index (χ2n) is 3.30. The number of fused-ring (bicyclic) bond motifs is 2. The van der Waals surface area contributed by atoms with Gasteiger partial charge in [-0.15, -0.1) is 0 Å². The third-order valence-electron chi connectivity index (χ3n) is 2.55. The molecule has 3 aliphatic rings. The van der Waals surface area contributed by atoms with Crippen molar-refractivity contribution >= 4 is 5.78 Å². The summed E-state index contributed by atoms with van der Waals surface area (Å²) in [7, 11) is 0. The fourth-order valence-corrected chi connectivity index (χ4v) is 1.78. The molecular weight excluding hydrogens is 150 g/mol. The summed E-state index contributed by atoms with van der Waals surface area (Å²) in [6, 6.07) is 2.24. The fourth-order valence-electron chi connectivity index (χ4n) is 1.78. The highest BCUT2D eigenvalue weighted by molar-refractivity contribution is 5.93. The quantitative estimate of drug-likeness (QED) is 0.502. The van der Waals surface area contributed by atoms with Crippen molar-refractivity contribution in [3.8, 4) is 6.07 Å². The third-order valence-corrected chi connectivity index (χ3v) is 2.55. The van der Waals surface area contributed by atoms with Gasteiger partial charge < -0.3 is 0 Å². The highest BCUT2D eigenvalue weighted by atomic mass is 16.1. The van der Waals surface area contributed by atoms with Crippen LogP contribution in [0.2, 0.25) is 0 Å². The third kappa shape index (κ3) is 0.984. The molecule has 0 aromatic heterocycles. The van der Waals surface area contributed by atoms with E-state index in [0.717, 1.165) is 0 Å². The first kappa shape index (κ1) is 7.30. The Balaban J connectivity index is 2.37. The van der Waals surface area contributed by atoms with Crippen LogP contribution in [0, 0.1) is 29.1 Å². The lowest BCUT2D eigenvalue weighted by molar-refractivity contribution is -0.117. The summed E-state index contributed by atoms with van der Waals surface area (Å²) in [5.41, 5.74) is 0. The predicted octanol–water partition coefficient (Wildman–Crippen LogP) is 1.46. The summed E-state index contributed by atoms with van der Waals surface area (Å²) in [4.78, 5) is 11.3. The lowest BCUT2D eigenvalue weighted by atomic mass is 9.81. The van der Waals surface area contributed by atoms with E-state index in [0.29, 0.717) is 6.42 Å². The van der Waals surface area contributed by atoms with Gasteiger partial charge >= 0.3 is 0 Å². The van der Waals surface area contributed by atoms with Crippen LogP contribution in [0.3, 0.4) is 0 Å². The molecule has 0 aromatic carbocycles. The minimum atomic E-state index is -0.0374. The van der Waals surface area contributed by atoms with Gasteiger partial charge in [-0.2, -0.15) is 5.26 Å². The SMILES string of the molecule is N#C[C@@H]1C[C@H]2C=C[C@@H]1C=CC2=O. The lowest BCUT2D eigenvalue weighted by Crippen LogP contribution is -2.18. The molecule has 3 aliphatic carbocycles. The molecule has 2 bridgehead atoms. The Labute approximate surface area is 71.2 Å². The maximum absolute atomic E-state index is 11.3. The smallest absolute Gasteiger partial charge is 0.162 e. The summed E-state index contributed by atoms with van der Waals surface area (Å²) in [6.45, 7) is 0. The number of nitriles is 1. The molecule has 3 atom stereocenters. The standard InChI is InChI=1S/C10H9NO/c11-6-9-5-8-2-1-7(9)3-4-10(8)12/h1-4,7-9H,5H2/t7-,8-,9+/m1/s1. The van der Waals surface area contributed by atoms with Crippen molar-refractivity contribution in [3.63, 3.8) is 0 Å². The highest BCUT2D eigenvalue weighted by Crippen LogP contribution is 2.32. The van der Waals surface area contributed by atoms with Crippen molar-refractivity contribution in [2.75, 3.05) is 0 Å². The van der Waals surface area contributed by atoms with Crippen LogP contribution in [0.5, 0.6) is 0 Å². The Morgan fingerprint density at radius 2 is 2.25 bits per heavy atom. The van der Waals surface area contributed by atoms with E-state index in [1.165, 1.54) is 0 Å². The summed E-state index contributed by atoms with van der Waals surface area (Å²) < 4.78 is 0. The van der Waals surface area contributed by atoms with E-state index < -0.39 is 0 Å². The topological polar surface area (TPSA) is 40.9 Å². The Hall–Kier alpha value is -1.36. The molecule has 0 heterocycles. The molecule has 0 aliphatic heterocycles. The van der Waals surface area contributed by atoms with Crippen LogP contribution in [0.25, 0.3) is 0 Å². The first-order chi connectivity index (χ1) is 5.81. The van der Waals surface area contributed by atoms with Crippen LogP contribution in [0.1, 0.15) is 6.42 Å². The van der Waals surface area contributed by atoms with Crippen molar-refractivity contribution in [1.29, 1.82) is 5.26 Å². The largest absolute Gasteiger partial charge is 0.294 e. The van der Waals surface area contributed by atoms with Gasteiger partial charge in [0.1, 0.15) is 0 Å². The van der Waals surface area contributed by atoms with Gasteiger partial charge in [0, 0.05) is 11.8 Å². The van der Waals surface area contributed by atoms with Gasteiger partial charge in [0.25, 0.3) is 0 Å². The summed E-state index contributed by atoms with van der Waals surface area (Å²) in [6.07, 6.45) is 8.07. The van der Waals surface area contributed by atoms with Crippen molar-refractivity contribution in [1.82, 2.24) is 0 Å². The first-order valence-corrected chi connectivity index (χ1v) is 4.11. The summed E-state index contributed by atoms with van der Waals surface area (Å²) in [5.74, 6) is 0.275. The highest BCUT2D eigenvalue weighted by Gasteiger charge is 2.30. The number of hydrogen-bond donors (Lipinski definition) is 0. The second-order valence-corrected chi connectivity index (χ2v) is 3.30. The van der Waals surface area contributed by atoms with Gasteiger partial charge in [0.15, 0.2) is 5.78 Å². The zero-order valence-electron chi connectivity index (χ0n) is 6.60. The second kappa shape index (κ2) is 2.60. The monoisotopic (exact) mass is 159 g/mol. The molecule has 0 amide bonds. The Morgan fingerprint density at radius 1 is 1.42 bits per heavy atom. The average molecular weight is 159 g/mol. The van der Waals surface area contributed by atoms with Crippen LogP contribution in [-0.2, 0) is 4.79 Å². The van der Waals surface area contributed by atoms with Gasteiger partial charge in [-0.1, -0.05) is 18.2 Å². The van der Waals surface area contributed by atoms with Crippen LogP contribution in [-0.4, -0.2) is 5.78 Å². The van der Waals surface area contributed by atoms with Crippen molar-refractivity contribution in [2.45, 2.75) is 6.42 Å². The number of hydrogen-bond acceptors (Lipinski definition) is 2. The van der Waals surface area contributed by atoms with Crippen LogP contribution < -0.4 is 0 Å². The molecule has 0 saturated carbocycles. The molecule has 12 heavy (non-hydrogen) atoms. The predicted molar refractivity (Wildman–Crippen MR) is 44.0 cm³/mol. The zero-order valence-corrected chi connectivity index (χ0v) is 6.60. The minimum absolute atomic E-state index is 0.00250. The molecule has 2 nitrogen and oxygen atoms in total. The van der Waals surface area contributed by atoms with Gasteiger partial charge in [0.05, 0.1) is 12.0 Å². The van der Waals surface area contributed by atoms with E-state index in [1.807, 2.05) is 18.2 Å². The van der Waals surface area contributed by atoms with E-state index in [9.17, 15) is 4.79 Å². The maximum Gasteiger partial charge on any atom is 0.162 e. The molecular formula is C10H9NO. The van der Waals surface area contributed by atoms with E-state index >= 15 is 0 Å². The molecule has 0 spiro atoms. The first-order valence-electron chi connectivity index (χ1n) is 4.11. The molecule has 0 unspecified atom stereocenters. The molecule has 0 radical (unpaired) electrons. The van der Waals surface area contributed by atoms with E-state index in [4.69, 9.17) is 5.26 Å². The zero-order chi connectivity index (χ0) is 8.55. The molecule has 3 rings (SSSR count). The van der Waals surface area contributed by atoms with E-state index in [2.05, 4.69) is 6.07 Å². The molecule has 0 aromatic rings. The molecule has 2 heteroatoms. The normalized spacial score (nSPS) is 37.9. The number of carbonyl (C=O) groups is 1. The number of nitrogens with zero attached hydrogens (tertiary/aromatic N) is 1. The number of carbonyl (C=O) groups excluding carboxylic acids is 1. The molecule has 0 saturated heterocycles. The van der Waals surface area contributed by atoms with Crippen LogP contribution in [0.15, 0.2) is 24.3 Å². The van der Waals surface area contributed by atoms with Crippen LogP contribution >= 0.6 is 0 Å². The van der Waals surface area contributed by atoms with Gasteiger partial charge in [0.2, 0.25) is 0 Å². The van der Waals surface area contributed by atoms with Gasteiger partial charge in [-0.3, -0.25) is 4.79 Å². The molecule has 0 fully saturated rings. The minimum Gasteiger partial charge on any atom is -0.294 e. The number of allylic oxidation sites excluding steroid dienone is 4. The van der Waals surface area contributed by atoms with Crippen LogP contribution in [0.4, 0.5) is 0 Å². The Morgan fingerprint density at radius 3 is 3.00 bits per heavy atom. The Kier molecular flexibility index (Phi) is 1.58. The fraction of sp³-hybridized carbons (Fsp3) is 0.400. The number of ketones is 1. The lowest BCUT2D eigenvalue weighted by Gasteiger charge is -2.20.